The lowest BCUT2D eigenvalue weighted by Gasteiger charge is -2.21. The molecule has 2 fully saturated rings. The van der Waals surface area contributed by atoms with Crippen molar-refractivity contribution < 1.29 is 0 Å². The molecule has 0 spiro atoms. The van der Waals surface area contributed by atoms with E-state index in [9.17, 15) is 5.26 Å². The predicted molar refractivity (Wildman–Crippen MR) is 164 cm³/mol. The molecule has 1 aliphatic carbocycles. The highest BCUT2D eigenvalue weighted by molar-refractivity contribution is 6.35. The largest absolute Gasteiger partial charge is 0.381 e. The number of nitrogens with one attached hydrogen (secondary N) is 3. The maximum absolute atomic E-state index is 9.95. The Bertz CT molecular complexity index is 1790. The van der Waals surface area contributed by atoms with Crippen LogP contribution in [-0.2, 0) is 6.54 Å². The van der Waals surface area contributed by atoms with Gasteiger partial charge in [0.1, 0.15) is 11.8 Å². The number of anilines is 2. The Balaban J connectivity index is 1.17. The Morgan fingerprint density at radius 1 is 1.12 bits per heavy atom. The molecular formula is C32H30ClN9. The summed E-state index contributed by atoms with van der Waals surface area (Å²) in [6.45, 7) is 4.72. The molecule has 0 unspecified atom stereocenters. The summed E-state index contributed by atoms with van der Waals surface area (Å²) in [5.41, 5.74) is 6.37. The zero-order valence-corrected chi connectivity index (χ0v) is 23.9. The predicted octanol–water partition coefficient (Wildman–Crippen LogP) is 5.98. The first-order chi connectivity index (χ1) is 20.6. The number of benzene rings is 2. The lowest BCUT2D eigenvalue weighted by molar-refractivity contribution is 0.509. The van der Waals surface area contributed by atoms with Crippen LogP contribution >= 0.6 is 11.6 Å². The second-order valence-electron chi connectivity index (χ2n) is 11.0. The highest BCUT2D eigenvalue weighted by atomic mass is 35.5. The van der Waals surface area contributed by atoms with Crippen molar-refractivity contribution in [1.82, 2.24) is 30.3 Å². The molecule has 4 heterocycles. The van der Waals surface area contributed by atoms with Crippen molar-refractivity contribution in [3.05, 3.63) is 94.9 Å². The van der Waals surface area contributed by atoms with Crippen molar-refractivity contribution in [2.75, 3.05) is 23.7 Å². The first-order valence-electron chi connectivity index (χ1n) is 14.3. The topological polar surface area (TPSA) is 116 Å². The molecule has 2 aromatic carbocycles. The summed E-state index contributed by atoms with van der Waals surface area (Å²) in [5, 5.41) is 30.7. The van der Waals surface area contributed by atoms with E-state index in [1.54, 1.807) is 12.4 Å². The number of hydrogen-bond donors (Lipinski definition) is 3. The maximum atomic E-state index is 9.95. The maximum Gasteiger partial charge on any atom is 0.131 e. The van der Waals surface area contributed by atoms with Gasteiger partial charge in [-0.25, -0.2) is 4.68 Å². The molecule has 3 N–H and O–H groups in total. The molecule has 1 saturated heterocycles. The van der Waals surface area contributed by atoms with Crippen molar-refractivity contribution in [1.29, 1.82) is 5.26 Å². The van der Waals surface area contributed by atoms with Crippen LogP contribution in [0.3, 0.4) is 0 Å². The van der Waals surface area contributed by atoms with Gasteiger partial charge in [-0.2, -0.15) is 5.26 Å². The Morgan fingerprint density at radius 3 is 2.74 bits per heavy atom. The fourth-order valence-electron chi connectivity index (χ4n) is 6.20. The Hall–Kier alpha value is -4.52. The second kappa shape index (κ2) is 11.0. The van der Waals surface area contributed by atoms with Gasteiger partial charge in [0, 0.05) is 54.9 Å². The summed E-state index contributed by atoms with van der Waals surface area (Å²) in [7, 11) is 0. The molecule has 0 amide bonds. The van der Waals surface area contributed by atoms with Crippen molar-refractivity contribution >= 4 is 33.9 Å². The highest BCUT2D eigenvalue weighted by Crippen LogP contribution is 2.52. The number of halogens is 1. The molecule has 2 aliphatic rings. The van der Waals surface area contributed by atoms with Crippen LogP contribution in [0.15, 0.2) is 73.2 Å². The number of pyridine rings is 2. The molecule has 42 heavy (non-hydrogen) atoms. The monoisotopic (exact) mass is 575 g/mol. The molecule has 5 aromatic rings. The Labute approximate surface area is 249 Å². The second-order valence-corrected chi connectivity index (χ2v) is 11.4. The van der Waals surface area contributed by atoms with Gasteiger partial charge in [0.25, 0.3) is 0 Å². The summed E-state index contributed by atoms with van der Waals surface area (Å²) in [4.78, 5) is 9.17. The molecule has 1 saturated carbocycles. The van der Waals surface area contributed by atoms with Crippen molar-refractivity contribution in [2.24, 2.45) is 11.8 Å². The molecule has 3 aromatic heterocycles. The zero-order chi connectivity index (χ0) is 28.6. The van der Waals surface area contributed by atoms with Gasteiger partial charge in [0.05, 0.1) is 45.8 Å². The SMILES string of the molecule is CC[C@@H](Nc1c(C#N)cnc2c(Cl)cc(NCc3cccnc3-c3cn(C4[C@@H]5CNC[C@@H]45)nn3)cc12)c1ccccc1. The van der Waals surface area contributed by atoms with E-state index in [0.29, 0.717) is 40.5 Å². The molecule has 10 heteroatoms. The number of nitrogens with zero attached hydrogens (tertiary/aromatic N) is 6. The highest BCUT2D eigenvalue weighted by Gasteiger charge is 2.54. The number of fused-ring (bicyclic) bond motifs is 2. The average molecular weight is 576 g/mol. The molecule has 1 aliphatic heterocycles. The lowest BCUT2D eigenvalue weighted by Crippen LogP contribution is -2.16. The molecule has 3 atom stereocenters. The van der Waals surface area contributed by atoms with Gasteiger partial charge in [0.15, 0.2) is 0 Å². The third-order valence-corrected chi connectivity index (χ3v) is 8.74. The minimum Gasteiger partial charge on any atom is -0.381 e. The summed E-state index contributed by atoms with van der Waals surface area (Å²) >= 11 is 6.75. The summed E-state index contributed by atoms with van der Waals surface area (Å²) in [6.07, 6.45) is 6.23. The first kappa shape index (κ1) is 26.4. The van der Waals surface area contributed by atoms with Crippen LogP contribution in [0.2, 0.25) is 5.02 Å². The van der Waals surface area contributed by atoms with Crippen LogP contribution in [0.5, 0.6) is 0 Å². The number of rotatable bonds is 9. The molecule has 9 nitrogen and oxygen atoms in total. The molecule has 7 rings (SSSR count). The van der Waals surface area contributed by atoms with E-state index >= 15 is 0 Å². The van der Waals surface area contributed by atoms with Crippen LogP contribution in [0.4, 0.5) is 11.4 Å². The van der Waals surface area contributed by atoms with E-state index in [1.807, 2.05) is 53.3 Å². The molecule has 0 bridgehead atoms. The summed E-state index contributed by atoms with van der Waals surface area (Å²) in [6, 6.07) is 20.8. The van der Waals surface area contributed by atoms with E-state index in [4.69, 9.17) is 11.6 Å². The first-order valence-corrected chi connectivity index (χ1v) is 14.7. The number of nitriles is 1. The minimum absolute atomic E-state index is 0.0251. The minimum atomic E-state index is 0.0251. The lowest BCUT2D eigenvalue weighted by atomic mass is 10.0. The van der Waals surface area contributed by atoms with Crippen molar-refractivity contribution in [2.45, 2.75) is 32.0 Å². The zero-order valence-electron chi connectivity index (χ0n) is 23.1. The summed E-state index contributed by atoms with van der Waals surface area (Å²) in [5.74, 6) is 1.30. The van der Waals surface area contributed by atoms with Gasteiger partial charge in [-0.15, -0.1) is 5.10 Å². The van der Waals surface area contributed by atoms with Crippen LogP contribution in [0, 0.1) is 23.2 Å². The molecular weight excluding hydrogens is 546 g/mol. The van der Waals surface area contributed by atoms with Crippen LogP contribution in [-0.4, -0.2) is 38.1 Å². The fraction of sp³-hybridized carbons (Fsp3) is 0.281. The van der Waals surface area contributed by atoms with E-state index in [1.165, 1.54) is 0 Å². The van der Waals surface area contributed by atoms with E-state index in [-0.39, 0.29) is 6.04 Å². The van der Waals surface area contributed by atoms with Crippen LogP contribution < -0.4 is 16.0 Å². The fourth-order valence-corrected chi connectivity index (χ4v) is 6.47. The van der Waals surface area contributed by atoms with Gasteiger partial charge in [0.2, 0.25) is 0 Å². The van der Waals surface area contributed by atoms with Crippen molar-refractivity contribution in [3.63, 3.8) is 0 Å². The van der Waals surface area contributed by atoms with E-state index < -0.39 is 0 Å². The Morgan fingerprint density at radius 2 is 1.95 bits per heavy atom. The van der Waals surface area contributed by atoms with Gasteiger partial charge >= 0.3 is 0 Å². The normalized spacial score (nSPS) is 19.7. The third kappa shape index (κ3) is 4.83. The average Bonchev–Trinajstić information content (AvgIpc) is 3.34. The van der Waals surface area contributed by atoms with Gasteiger partial charge in [-0.3, -0.25) is 9.97 Å². The van der Waals surface area contributed by atoms with Crippen LogP contribution in [0.1, 0.15) is 42.1 Å². The van der Waals surface area contributed by atoms with Gasteiger partial charge in [-0.1, -0.05) is 60.1 Å². The van der Waals surface area contributed by atoms with E-state index in [2.05, 4.69) is 61.4 Å². The van der Waals surface area contributed by atoms with Crippen molar-refractivity contribution in [3.8, 4) is 17.5 Å². The third-order valence-electron chi connectivity index (χ3n) is 8.45. The smallest absolute Gasteiger partial charge is 0.131 e. The Kier molecular flexibility index (Phi) is 6.94. The number of hydrogen-bond acceptors (Lipinski definition) is 8. The standard InChI is InChI=1S/C32H30ClN9/c1-2-27(19-7-4-3-5-8-19)39-29-21(13-34)15-38-31-23(29)11-22(12-26(31)33)37-14-20-9-6-10-36-30(20)28-18-42(41-40-28)32-24-16-35-17-25(24)32/h3-12,15,18,24-25,27,32,35,37H,2,14,16-17H2,1H3,(H,38,39)/t24-,25-,27-/m1/s1. The molecule has 0 radical (unpaired) electrons. The number of piperidine rings is 1. The molecule has 210 valence electrons. The summed E-state index contributed by atoms with van der Waals surface area (Å²) < 4.78 is 2.01. The number of aromatic nitrogens is 5. The van der Waals surface area contributed by atoms with E-state index in [0.717, 1.165) is 58.8 Å². The van der Waals surface area contributed by atoms with Gasteiger partial charge < -0.3 is 16.0 Å². The quantitative estimate of drug-likeness (QED) is 0.196. The van der Waals surface area contributed by atoms with Gasteiger partial charge in [-0.05, 0) is 35.7 Å². The van der Waals surface area contributed by atoms with Crippen LogP contribution in [0.25, 0.3) is 22.3 Å².